The lowest BCUT2D eigenvalue weighted by Crippen LogP contribution is -2.28. The Bertz CT molecular complexity index is 1190. The van der Waals surface area contributed by atoms with Crippen LogP contribution < -0.4 is 0 Å². The molecule has 0 aromatic heterocycles. The molecule has 0 unspecified atom stereocenters. The molecule has 3 aromatic carbocycles. The molecule has 1 heterocycles. The topological polar surface area (TPSA) is 70.0 Å². The summed E-state index contributed by atoms with van der Waals surface area (Å²) in [5.74, 6) is -1.63. The Balaban J connectivity index is 1.67. The fourth-order valence-corrected chi connectivity index (χ4v) is 4.02. The highest BCUT2D eigenvalue weighted by molar-refractivity contribution is 8.18. The van der Waals surface area contributed by atoms with Gasteiger partial charge in [-0.3, -0.25) is 9.69 Å². The Kier molecular flexibility index (Phi) is 5.95. The minimum Gasteiger partial charge on any atom is -0.478 e. The Morgan fingerprint density at radius 1 is 1.03 bits per heavy atom. The van der Waals surface area contributed by atoms with E-state index in [1.165, 1.54) is 36.0 Å². The van der Waals surface area contributed by atoms with Crippen molar-refractivity contribution in [2.75, 3.05) is 0 Å². The van der Waals surface area contributed by atoms with E-state index in [-0.39, 0.29) is 23.8 Å². The number of amides is 1. The van der Waals surface area contributed by atoms with E-state index >= 15 is 0 Å². The monoisotopic (exact) mass is 432 g/mol. The van der Waals surface area contributed by atoms with Gasteiger partial charge in [-0.1, -0.05) is 42.5 Å². The van der Waals surface area contributed by atoms with Gasteiger partial charge in [0.2, 0.25) is 0 Å². The number of nitrogens with zero attached hydrogens (tertiary/aromatic N) is 2. The first-order valence-electron chi connectivity index (χ1n) is 9.42. The molecule has 1 aliphatic rings. The smallest absolute Gasteiger partial charge is 0.335 e. The minimum absolute atomic E-state index is 0.177. The normalized spacial score (nSPS) is 16.3. The van der Waals surface area contributed by atoms with E-state index in [9.17, 15) is 14.0 Å². The highest BCUT2D eigenvalue weighted by Gasteiger charge is 2.33. The molecule has 0 radical (unpaired) electrons. The third-order valence-corrected chi connectivity index (χ3v) is 5.56. The molecule has 31 heavy (non-hydrogen) atoms. The lowest BCUT2D eigenvalue weighted by Gasteiger charge is -2.16. The largest absolute Gasteiger partial charge is 0.478 e. The zero-order chi connectivity index (χ0) is 21.8. The van der Waals surface area contributed by atoms with Gasteiger partial charge in [0.1, 0.15) is 5.82 Å². The quantitative estimate of drug-likeness (QED) is 0.554. The predicted octanol–water partition coefficient (Wildman–Crippen LogP) is 5.33. The number of carbonyl (C=O) groups is 2. The van der Waals surface area contributed by atoms with Gasteiger partial charge in [-0.15, -0.1) is 0 Å². The standard InChI is InChI=1S/C24H17FN2O3S/c25-19-6-4-5-17(13-19)14-21-22(28)27(15-16-9-11-18(12-10-16)23(29)30)24(31-21)26-20-7-2-1-3-8-20/h1-14H,15H2,(H,29,30)/b21-14-,26-24?. The number of aromatic carboxylic acids is 1. The zero-order valence-electron chi connectivity index (χ0n) is 16.2. The molecule has 0 bridgehead atoms. The Morgan fingerprint density at radius 3 is 2.45 bits per heavy atom. The van der Waals surface area contributed by atoms with Crippen LogP contribution in [0.5, 0.6) is 0 Å². The van der Waals surface area contributed by atoms with Crippen LogP contribution in [-0.2, 0) is 11.3 Å². The van der Waals surface area contributed by atoms with E-state index in [0.29, 0.717) is 21.3 Å². The van der Waals surface area contributed by atoms with Crippen molar-refractivity contribution in [1.82, 2.24) is 4.90 Å². The van der Waals surface area contributed by atoms with Crippen LogP contribution in [0.15, 0.2) is 88.8 Å². The maximum atomic E-state index is 13.6. The van der Waals surface area contributed by atoms with Crippen LogP contribution in [0.3, 0.4) is 0 Å². The van der Waals surface area contributed by atoms with Crippen LogP contribution in [-0.4, -0.2) is 27.1 Å². The summed E-state index contributed by atoms with van der Waals surface area (Å²) in [6.45, 7) is 0.234. The summed E-state index contributed by atoms with van der Waals surface area (Å²) in [5.41, 5.74) is 2.24. The molecular formula is C24H17FN2O3S. The first-order chi connectivity index (χ1) is 15.0. The predicted molar refractivity (Wildman–Crippen MR) is 119 cm³/mol. The molecule has 1 aliphatic heterocycles. The molecule has 4 rings (SSSR count). The van der Waals surface area contributed by atoms with Crippen LogP contribution in [0.25, 0.3) is 6.08 Å². The van der Waals surface area contributed by atoms with Crippen LogP contribution in [0.1, 0.15) is 21.5 Å². The first kappa shape index (κ1) is 20.6. The van der Waals surface area contributed by atoms with Crippen molar-refractivity contribution in [3.8, 4) is 0 Å². The van der Waals surface area contributed by atoms with E-state index in [2.05, 4.69) is 4.99 Å². The fourth-order valence-electron chi connectivity index (χ4n) is 3.03. The highest BCUT2D eigenvalue weighted by atomic mass is 32.2. The van der Waals surface area contributed by atoms with E-state index < -0.39 is 5.97 Å². The van der Waals surface area contributed by atoms with E-state index in [4.69, 9.17) is 5.11 Å². The number of benzene rings is 3. The second-order valence-electron chi connectivity index (χ2n) is 6.79. The van der Waals surface area contributed by atoms with Gasteiger partial charge in [-0.2, -0.15) is 0 Å². The van der Waals surface area contributed by atoms with Gasteiger partial charge < -0.3 is 5.11 Å². The average molecular weight is 432 g/mol. The van der Waals surface area contributed by atoms with Gasteiger partial charge >= 0.3 is 5.97 Å². The highest BCUT2D eigenvalue weighted by Crippen LogP contribution is 2.35. The molecular weight excluding hydrogens is 415 g/mol. The van der Waals surface area contributed by atoms with Crippen molar-refractivity contribution in [2.24, 2.45) is 4.99 Å². The second-order valence-corrected chi connectivity index (χ2v) is 7.80. The Labute approximate surface area is 182 Å². The van der Waals surface area contributed by atoms with Gasteiger partial charge in [0.15, 0.2) is 5.17 Å². The fraction of sp³-hybridized carbons (Fsp3) is 0.0417. The van der Waals surface area contributed by atoms with Gasteiger partial charge in [0.25, 0.3) is 5.91 Å². The summed E-state index contributed by atoms with van der Waals surface area (Å²) in [6, 6.07) is 21.7. The van der Waals surface area contributed by atoms with Crippen LogP contribution in [0, 0.1) is 5.82 Å². The van der Waals surface area contributed by atoms with Crippen molar-refractivity contribution in [3.63, 3.8) is 0 Å². The van der Waals surface area contributed by atoms with E-state index in [1.807, 2.05) is 30.3 Å². The lowest BCUT2D eigenvalue weighted by atomic mass is 10.1. The summed E-state index contributed by atoms with van der Waals surface area (Å²) in [7, 11) is 0. The maximum Gasteiger partial charge on any atom is 0.335 e. The molecule has 0 spiro atoms. The van der Waals surface area contributed by atoms with Gasteiger partial charge in [-0.25, -0.2) is 14.2 Å². The summed E-state index contributed by atoms with van der Waals surface area (Å²) >= 11 is 1.22. The molecule has 7 heteroatoms. The van der Waals surface area contributed by atoms with Crippen molar-refractivity contribution in [2.45, 2.75) is 6.54 Å². The number of carboxylic acids is 1. The molecule has 0 aliphatic carbocycles. The van der Waals surface area contributed by atoms with Crippen molar-refractivity contribution >= 4 is 40.6 Å². The van der Waals surface area contributed by atoms with Crippen LogP contribution in [0.4, 0.5) is 10.1 Å². The number of aliphatic imine (C=N–C) groups is 1. The Morgan fingerprint density at radius 2 is 1.77 bits per heavy atom. The summed E-state index contributed by atoms with van der Waals surface area (Å²) in [6.07, 6.45) is 1.64. The van der Waals surface area contributed by atoms with Gasteiger partial charge in [0.05, 0.1) is 22.7 Å². The molecule has 1 amide bonds. The minimum atomic E-state index is -1.01. The Hall–Kier alpha value is -3.71. The molecule has 154 valence electrons. The summed E-state index contributed by atoms with van der Waals surface area (Å²) in [4.78, 5) is 30.8. The average Bonchev–Trinajstić information content (AvgIpc) is 3.03. The van der Waals surface area contributed by atoms with Gasteiger partial charge in [0, 0.05) is 0 Å². The number of thioether (sulfide) groups is 1. The molecule has 5 nitrogen and oxygen atoms in total. The number of rotatable bonds is 5. The third kappa shape index (κ3) is 4.90. The summed E-state index contributed by atoms with van der Waals surface area (Å²) in [5, 5.41) is 9.58. The number of carbonyl (C=O) groups excluding carboxylic acids is 1. The molecule has 0 atom stereocenters. The number of amidine groups is 1. The molecule has 1 N–H and O–H groups in total. The van der Waals surface area contributed by atoms with Gasteiger partial charge in [-0.05, 0) is 65.4 Å². The van der Waals surface area contributed by atoms with Crippen LogP contribution in [0.2, 0.25) is 0 Å². The van der Waals surface area contributed by atoms with Crippen molar-refractivity contribution in [3.05, 3.63) is 106 Å². The summed E-state index contributed by atoms with van der Waals surface area (Å²) < 4.78 is 13.6. The molecule has 1 fully saturated rings. The number of halogens is 1. The van der Waals surface area contributed by atoms with Crippen LogP contribution >= 0.6 is 11.8 Å². The zero-order valence-corrected chi connectivity index (χ0v) is 17.1. The number of para-hydroxylation sites is 1. The molecule has 1 saturated heterocycles. The van der Waals surface area contributed by atoms with E-state index in [0.717, 1.165) is 5.56 Å². The number of hydrogen-bond donors (Lipinski definition) is 1. The third-order valence-electron chi connectivity index (χ3n) is 4.56. The van der Waals surface area contributed by atoms with Crippen molar-refractivity contribution in [1.29, 1.82) is 0 Å². The number of hydrogen-bond acceptors (Lipinski definition) is 4. The van der Waals surface area contributed by atoms with E-state index in [1.54, 1.807) is 35.2 Å². The first-order valence-corrected chi connectivity index (χ1v) is 10.2. The molecule has 3 aromatic rings. The molecule has 0 saturated carbocycles. The maximum absolute atomic E-state index is 13.6. The SMILES string of the molecule is O=C(O)c1ccc(CN2C(=O)/C(=C/c3cccc(F)c3)SC2=Nc2ccccc2)cc1. The van der Waals surface area contributed by atoms with Crippen molar-refractivity contribution < 1.29 is 19.1 Å². The second kappa shape index (κ2) is 8.97. The lowest BCUT2D eigenvalue weighted by molar-refractivity contribution is -0.122. The number of carboxylic acid groups (broad SMARTS) is 1.